The van der Waals surface area contributed by atoms with Crippen LogP contribution in [0.4, 0.5) is 0 Å². The molecule has 0 atom stereocenters. The summed E-state index contributed by atoms with van der Waals surface area (Å²) in [6.07, 6.45) is 1.36. The quantitative estimate of drug-likeness (QED) is 0.849. The van der Waals surface area contributed by atoms with Gasteiger partial charge in [0.25, 0.3) is 10.0 Å². The van der Waals surface area contributed by atoms with E-state index >= 15 is 0 Å². The maximum Gasteiger partial charge on any atom is 0.252 e. The van der Waals surface area contributed by atoms with Crippen LogP contribution in [0.3, 0.4) is 0 Å². The first-order chi connectivity index (χ1) is 9.45. The fraction of sp³-hybridized carbons (Fsp3) is 0.615. The van der Waals surface area contributed by atoms with Gasteiger partial charge in [0.1, 0.15) is 4.21 Å². The molecule has 0 N–H and O–H groups in total. The molecular weight excluding hydrogens is 296 g/mol. The fourth-order valence-corrected chi connectivity index (χ4v) is 5.09. The highest BCUT2D eigenvalue weighted by Crippen LogP contribution is 2.25. The number of rotatable bonds is 4. The summed E-state index contributed by atoms with van der Waals surface area (Å²) >= 11 is 1.29. The Morgan fingerprint density at radius 2 is 1.90 bits per heavy atom. The lowest BCUT2D eigenvalue weighted by Gasteiger charge is -2.33. The Hall–Kier alpha value is -0.920. The van der Waals surface area contributed by atoms with E-state index < -0.39 is 10.0 Å². The van der Waals surface area contributed by atoms with Crippen molar-refractivity contribution in [3.8, 4) is 0 Å². The van der Waals surface area contributed by atoms with Crippen LogP contribution in [0.2, 0.25) is 0 Å². The molecule has 0 aromatic carbocycles. The zero-order valence-electron chi connectivity index (χ0n) is 11.8. The Morgan fingerprint density at radius 1 is 1.25 bits per heavy atom. The zero-order valence-corrected chi connectivity index (χ0v) is 13.5. The largest absolute Gasteiger partial charge is 0.340 e. The highest BCUT2D eigenvalue weighted by atomic mass is 32.2. The van der Waals surface area contributed by atoms with Crippen molar-refractivity contribution in [1.29, 1.82) is 0 Å². The number of piperazine rings is 1. The van der Waals surface area contributed by atoms with Gasteiger partial charge in [0.2, 0.25) is 5.91 Å². The normalized spacial score (nSPS) is 17.4. The summed E-state index contributed by atoms with van der Waals surface area (Å²) in [6.45, 7) is 5.61. The molecule has 0 bridgehead atoms. The Kier molecular flexibility index (Phi) is 4.82. The second-order valence-corrected chi connectivity index (χ2v) is 8.35. The maximum absolute atomic E-state index is 12.4. The molecule has 2 heterocycles. The average molecular weight is 316 g/mol. The first kappa shape index (κ1) is 15.5. The number of amides is 1. The number of sulfonamides is 1. The van der Waals surface area contributed by atoms with E-state index in [1.807, 2.05) is 19.9 Å². The molecule has 0 unspecified atom stereocenters. The molecule has 1 saturated heterocycles. The standard InChI is InChI=1S/C13H20N2O3S2/c1-3-4-12(16)14-7-9-15(10-8-14)20(17,18)13-6-5-11(2)19-13/h5-6H,3-4,7-10H2,1-2H3. The molecule has 1 aliphatic rings. The number of thiophene rings is 1. The third-order valence-electron chi connectivity index (χ3n) is 3.37. The van der Waals surface area contributed by atoms with E-state index in [1.54, 1.807) is 11.0 Å². The number of carbonyl (C=O) groups excluding carboxylic acids is 1. The Labute approximate surface area is 124 Å². The Bertz CT molecular complexity index is 572. The van der Waals surface area contributed by atoms with Gasteiger partial charge in [0.15, 0.2) is 0 Å². The van der Waals surface area contributed by atoms with Crippen LogP contribution in [0.1, 0.15) is 24.6 Å². The fourth-order valence-electron chi connectivity index (χ4n) is 2.23. The molecular formula is C13H20N2O3S2. The minimum absolute atomic E-state index is 0.122. The van der Waals surface area contributed by atoms with Crippen molar-refractivity contribution in [2.45, 2.75) is 30.9 Å². The number of carbonyl (C=O) groups is 1. The molecule has 1 amide bonds. The number of aryl methyl sites for hydroxylation is 1. The number of nitrogens with zero attached hydrogens (tertiary/aromatic N) is 2. The lowest BCUT2D eigenvalue weighted by molar-refractivity contribution is -0.132. The van der Waals surface area contributed by atoms with Crippen molar-refractivity contribution in [2.75, 3.05) is 26.2 Å². The lowest BCUT2D eigenvalue weighted by atomic mass is 10.2. The summed E-state index contributed by atoms with van der Waals surface area (Å²) in [4.78, 5) is 14.5. The summed E-state index contributed by atoms with van der Waals surface area (Å²) < 4.78 is 26.7. The van der Waals surface area contributed by atoms with Gasteiger partial charge < -0.3 is 4.90 Å². The highest BCUT2D eigenvalue weighted by Gasteiger charge is 2.30. The van der Waals surface area contributed by atoms with Crippen LogP contribution < -0.4 is 0 Å². The second-order valence-electron chi connectivity index (χ2n) is 4.90. The van der Waals surface area contributed by atoms with Crippen molar-refractivity contribution in [3.63, 3.8) is 0 Å². The van der Waals surface area contributed by atoms with Gasteiger partial charge in [-0.15, -0.1) is 11.3 Å². The lowest BCUT2D eigenvalue weighted by Crippen LogP contribution is -2.50. The average Bonchev–Trinajstić information content (AvgIpc) is 2.86. The van der Waals surface area contributed by atoms with E-state index in [0.29, 0.717) is 36.8 Å². The summed E-state index contributed by atoms with van der Waals surface area (Å²) in [5, 5.41) is 0. The molecule has 0 radical (unpaired) electrons. The topological polar surface area (TPSA) is 57.7 Å². The molecule has 1 fully saturated rings. The van der Waals surface area contributed by atoms with Gasteiger partial charge in [0.05, 0.1) is 0 Å². The van der Waals surface area contributed by atoms with E-state index in [4.69, 9.17) is 0 Å². The van der Waals surface area contributed by atoms with E-state index in [0.717, 1.165) is 11.3 Å². The molecule has 0 saturated carbocycles. The Balaban J connectivity index is 2.02. The van der Waals surface area contributed by atoms with Gasteiger partial charge in [-0.1, -0.05) is 6.92 Å². The van der Waals surface area contributed by atoms with Crippen LogP contribution >= 0.6 is 11.3 Å². The smallest absolute Gasteiger partial charge is 0.252 e. The minimum atomic E-state index is -3.39. The van der Waals surface area contributed by atoms with Gasteiger partial charge in [-0.05, 0) is 25.5 Å². The van der Waals surface area contributed by atoms with E-state index in [2.05, 4.69) is 0 Å². The van der Waals surface area contributed by atoms with Crippen LogP contribution in [0.25, 0.3) is 0 Å². The third kappa shape index (κ3) is 3.21. The SMILES string of the molecule is CCCC(=O)N1CCN(S(=O)(=O)c2ccc(C)s2)CC1. The van der Waals surface area contributed by atoms with Crippen molar-refractivity contribution < 1.29 is 13.2 Å². The molecule has 7 heteroatoms. The summed E-state index contributed by atoms with van der Waals surface area (Å²) in [7, 11) is -3.39. The molecule has 2 rings (SSSR count). The monoisotopic (exact) mass is 316 g/mol. The molecule has 20 heavy (non-hydrogen) atoms. The Morgan fingerprint density at radius 3 is 2.40 bits per heavy atom. The van der Waals surface area contributed by atoms with Gasteiger partial charge in [-0.25, -0.2) is 8.42 Å². The number of hydrogen-bond acceptors (Lipinski definition) is 4. The van der Waals surface area contributed by atoms with Crippen LogP contribution in [0, 0.1) is 6.92 Å². The van der Waals surface area contributed by atoms with Crippen LogP contribution in [-0.2, 0) is 14.8 Å². The first-order valence-electron chi connectivity index (χ1n) is 6.79. The summed E-state index contributed by atoms with van der Waals surface area (Å²) in [5.74, 6) is 0.122. The molecule has 5 nitrogen and oxygen atoms in total. The van der Waals surface area contributed by atoms with E-state index in [9.17, 15) is 13.2 Å². The molecule has 112 valence electrons. The molecule has 0 spiro atoms. The third-order valence-corrected chi connectivity index (χ3v) is 6.73. The summed E-state index contributed by atoms with van der Waals surface area (Å²) in [6, 6.07) is 3.47. The first-order valence-corrected chi connectivity index (χ1v) is 9.05. The van der Waals surface area contributed by atoms with Crippen LogP contribution in [0.15, 0.2) is 16.3 Å². The van der Waals surface area contributed by atoms with E-state index in [1.165, 1.54) is 15.6 Å². The van der Waals surface area contributed by atoms with Crippen molar-refractivity contribution >= 4 is 27.3 Å². The maximum atomic E-state index is 12.4. The van der Waals surface area contributed by atoms with Gasteiger partial charge in [0, 0.05) is 37.5 Å². The summed E-state index contributed by atoms with van der Waals surface area (Å²) in [5.41, 5.74) is 0. The highest BCUT2D eigenvalue weighted by molar-refractivity contribution is 7.91. The molecule has 1 aromatic rings. The van der Waals surface area contributed by atoms with Gasteiger partial charge in [-0.2, -0.15) is 4.31 Å². The van der Waals surface area contributed by atoms with E-state index in [-0.39, 0.29) is 5.91 Å². The second kappa shape index (κ2) is 6.24. The molecule has 1 aliphatic heterocycles. The number of hydrogen-bond donors (Lipinski definition) is 0. The molecule has 1 aromatic heterocycles. The zero-order chi connectivity index (χ0) is 14.8. The van der Waals surface area contributed by atoms with Crippen molar-refractivity contribution in [2.24, 2.45) is 0 Å². The van der Waals surface area contributed by atoms with Gasteiger partial charge >= 0.3 is 0 Å². The van der Waals surface area contributed by atoms with Crippen LogP contribution in [-0.4, -0.2) is 49.7 Å². The van der Waals surface area contributed by atoms with Crippen molar-refractivity contribution in [3.05, 3.63) is 17.0 Å². The minimum Gasteiger partial charge on any atom is -0.340 e. The molecule has 0 aliphatic carbocycles. The van der Waals surface area contributed by atoms with Gasteiger partial charge in [-0.3, -0.25) is 4.79 Å². The van der Waals surface area contributed by atoms with Crippen molar-refractivity contribution in [1.82, 2.24) is 9.21 Å². The predicted molar refractivity (Wildman–Crippen MR) is 79.3 cm³/mol. The predicted octanol–water partition coefficient (Wildman–Crippen LogP) is 1.69. The van der Waals surface area contributed by atoms with Crippen LogP contribution in [0.5, 0.6) is 0 Å².